The topological polar surface area (TPSA) is 97.6 Å². The summed E-state index contributed by atoms with van der Waals surface area (Å²) >= 11 is 7.10. The highest BCUT2D eigenvalue weighted by Crippen LogP contribution is 2.43. The first kappa shape index (κ1) is 22.2. The summed E-state index contributed by atoms with van der Waals surface area (Å²) in [4.78, 5) is 31.3. The molecular weight excluding hydrogens is 455 g/mol. The first-order valence-electron chi connectivity index (χ1n) is 9.86. The molecule has 1 aromatic carbocycles. The lowest BCUT2D eigenvalue weighted by molar-refractivity contribution is -0.115. The number of thiophene rings is 1. The van der Waals surface area contributed by atoms with Crippen molar-refractivity contribution in [2.24, 2.45) is 5.73 Å². The van der Waals surface area contributed by atoms with Crippen LogP contribution in [-0.2, 0) is 30.7 Å². The van der Waals surface area contributed by atoms with Crippen LogP contribution in [0.4, 0.5) is 14.2 Å². The molecule has 0 fully saturated rings. The number of carbonyl (C=O) groups is 2. The van der Waals surface area contributed by atoms with E-state index in [0.717, 1.165) is 35.2 Å². The number of benzene rings is 1. The highest BCUT2D eigenvalue weighted by Gasteiger charge is 2.27. The summed E-state index contributed by atoms with van der Waals surface area (Å²) in [5.74, 6) is -0.725. The molecule has 3 heterocycles. The molecule has 0 spiro atoms. The molecule has 3 N–H and O–H groups in total. The molecule has 0 atom stereocenters. The third kappa shape index (κ3) is 5.24. The van der Waals surface area contributed by atoms with Crippen molar-refractivity contribution in [1.82, 2.24) is 9.88 Å². The number of fused-ring (bicyclic) bond motifs is 1. The fourth-order valence-corrected chi connectivity index (χ4v) is 5.00. The number of hydrogen-bond donors (Lipinski definition) is 2. The number of aromatic nitrogens is 1. The van der Waals surface area contributed by atoms with Gasteiger partial charge in [-0.15, -0.1) is 11.3 Å². The van der Waals surface area contributed by atoms with Crippen LogP contribution in [0.2, 0.25) is 5.02 Å². The van der Waals surface area contributed by atoms with Crippen molar-refractivity contribution in [3.63, 3.8) is 0 Å². The Balaban J connectivity index is 1.52. The summed E-state index contributed by atoms with van der Waals surface area (Å²) in [7, 11) is 0. The molecular formula is C22H20ClFN4O3S. The Bertz CT molecular complexity index is 1160. The zero-order chi connectivity index (χ0) is 22.7. The second-order valence-electron chi connectivity index (χ2n) is 7.36. The van der Waals surface area contributed by atoms with Gasteiger partial charge in [-0.05, 0) is 41.8 Å². The third-order valence-corrected chi connectivity index (χ3v) is 6.41. The molecule has 0 radical (unpaired) electrons. The van der Waals surface area contributed by atoms with E-state index in [1.807, 2.05) is 12.1 Å². The lowest BCUT2D eigenvalue weighted by Crippen LogP contribution is -2.29. The van der Waals surface area contributed by atoms with Gasteiger partial charge >= 0.3 is 6.09 Å². The van der Waals surface area contributed by atoms with Crippen LogP contribution in [0.3, 0.4) is 0 Å². The number of rotatable bonds is 6. The molecule has 0 unspecified atom stereocenters. The van der Waals surface area contributed by atoms with E-state index in [4.69, 9.17) is 22.1 Å². The van der Waals surface area contributed by atoms with Crippen molar-refractivity contribution < 1.29 is 18.7 Å². The molecule has 0 saturated heterocycles. The number of amides is 2. The van der Waals surface area contributed by atoms with Crippen molar-refractivity contribution in [1.29, 1.82) is 0 Å². The van der Waals surface area contributed by atoms with Crippen LogP contribution in [0.25, 0.3) is 0 Å². The monoisotopic (exact) mass is 474 g/mol. The molecule has 7 nitrogen and oxygen atoms in total. The predicted molar refractivity (Wildman–Crippen MR) is 120 cm³/mol. The highest BCUT2D eigenvalue weighted by molar-refractivity contribution is 7.17. The van der Waals surface area contributed by atoms with Crippen LogP contribution in [0.5, 0.6) is 5.75 Å². The van der Waals surface area contributed by atoms with Gasteiger partial charge < -0.3 is 15.8 Å². The average molecular weight is 475 g/mol. The maximum atomic E-state index is 14.1. The molecule has 2 aromatic heterocycles. The summed E-state index contributed by atoms with van der Waals surface area (Å²) in [6.07, 6.45) is 3.01. The number of carbonyl (C=O) groups excluding carboxylic acids is 2. The van der Waals surface area contributed by atoms with Crippen LogP contribution in [0.15, 0.2) is 42.7 Å². The van der Waals surface area contributed by atoms with E-state index < -0.39 is 17.8 Å². The van der Waals surface area contributed by atoms with E-state index in [1.54, 1.807) is 12.4 Å². The maximum Gasteiger partial charge on any atom is 0.410 e. The Labute approximate surface area is 193 Å². The van der Waals surface area contributed by atoms with E-state index >= 15 is 0 Å². The number of primary amides is 1. The van der Waals surface area contributed by atoms with Gasteiger partial charge in [-0.25, -0.2) is 9.18 Å². The van der Waals surface area contributed by atoms with E-state index in [-0.39, 0.29) is 22.8 Å². The van der Waals surface area contributed by atoms with Crippen LogP contribution in [0, 0.1) is 5.82 Å². The van der Waals surface area contributed by atoms with Crippen LogP contribution in [0.1, 0.15) is 21.6 Å². The second kappa shape index (κ2) is 9.64. The zero-order valence-electron chi connectivity index (χ0n) is 16.9. The van der Waals surface area contributed by atoms with E-state index in [0.29, 0.717) is 18.0 Å². The first-order valence-corrected chi connectivity index (χ1v) is 11.1. The van der Waals surface area contributed by atoms with Crippen LogP contribution >= 0.6 is 22.9 Å². The fourth-order valence-electron chi connectivity index (χ4n) is 3.61. The Morgan fingerprint density at radius 2 is 2.06 bits per heavy atom. The minimum Gasteiger partial charge on any atom is -0.407 e. The molecule has 1 aliphatic heterocycles. The molecule has 32 heavy (non-hydrogen) atoms. The number of hydrogen-bond acceptors (Lipinski definition) is 6. The van der Waals surface area contributed by atoms with Gasteiger partial charge in [0.05, 0.1) is 6.42 Å². The molecule has 1 aliphatic rings. The standard InChI is InChI=1S/C22H20ClFN4O3S/c23-15-2-1-14(17(24)10-15)9-19(29)27-21-20(31-22(25)30)16-5-8-28(12-18(16)32-21)11-13-3-6-26-7-4-13/h1-4,6-7,10H,5,8-9,11-12H2,(H2,25,30)(H,27,29). The number of nitrogens with two attached hydrogens (primary N) is 1. The number of pyridine rings is 1. The fraction of sp³-hybridized carbons (Fsp3) is 0.227. The van der Waals surface area contributed by atoms with E-state index in [1.165, 1.54) is 23.5 Å². The van der Waals surface area contributed by atoms with Crippen molar-refractivity contribution in [3.8, 4) is 5.75 Å². The number of anilines is 1. The number of nitrogens with zero attached hydrogens (tertiary/aromatic N) is 2. The Morgan fingerprint density at radius 1 is 1.28 bits per heavy atom. The van der Waals surface area contributed by atoms with Gasteiger partial charge in [0.25, 0.3) is 0 Å². The molecule has 2 amide bonds. The number of nitrogens with one attached hydrogen (secondary N) is 1. The zero-order valence-corrected chi connectivity index (χ0v) is 18.5. The molecule has 3 aromatic rings. The average Bonchev–Trinajstić information content (AvgIpc) is 3.06. The molecule has 10 heteroatoms. The summed E-state index contributed by atoms with van der Waals surface area (Å²) in [5.41, 5.74) is 7.47. The van der Waals surface area contributed by atoms with E-state index in [2.05, 4.69) is 15.2 Å². The van der Waals surface area contributed by atoms with Crippen molar-refractivity contribution in [2.75, 3.05) is 11.9 Å². The van der Waals surface area contributed by atoms with Crippen molar-refractivity contribution in [2.45, 2.75) is 25.9 Å². The normalized spacial score (nSPS) is 13.4. The van der Waals surface area contributed by atoms with Crippen molar-refractivity contribution >= 4 is 39.9 Å². The molecule has 4 rings (SSSR count). The number of ether oxygens (including phenoxy) is 1. The first-order chi connectivity index (χ1) is 15.4. The molecule has 0 saturated carbocycles. The Kier molecular flexibility index (Phi) is 6.69. The highest BCUT2D eigenvalue weighted by atomic mass is 35.5. The summed E-state index contributed by atoms with van der Waals surface area (Å²) in [6.45, 7) is 2.15. The van der Waals surface area contributed by atoms with Gasteiger partial charge in [0.1, 0.15) is 10.8 Å². The van der Waals surface area contributed by atoms with Gasteiger partial charge in [0.2, 0.25) is 5.91 Å². The van der Waals surface area contributed by atoms with Crippen LogP contribution in [-0.4, -0.2) is 28.4 Å². The minimum absolute atomic E-state index is 0.185. The summed E-state index contributed by atoms with van der Waals surface area (Å²) in [5, 5.41) is 3.39. The van der Waals surface area contributed by atoms with Gasteiger partial charge in [-0.1, -0.05) is 17.7 Å². The van der Waals surface area contributed by atoms with E-state index in [9.17, 15) is 14.0 Å². The SMILES string of the molecule is NC(=O)Oc1c(NC(=O)Cc2ccc(Cl)cc2F)sc2c1CCN(Cc1ccncc1)C2. The maximum absolute atomic E-state index is 14.1. The Hall–Kier alpha value is -3.01. The molecule has 166 valence electrons. The largest absolute Gasteiger partial charge is 0.410 e. The summed E-state index contributed by atoms with van der Waals surface area (Å²) < 4.78 is 19.3. The smallest absolute Gasteiger partial charge is 0.407 e. The summed E-state index contributed by atoms with van der Waals surface area (Å²) in [6, 6.07) is 8.08. The quantitative estimate of drug-likeness (QED) is 0.559. The molecule has 0 aliphatic carbocycles. The number of halogens is 2. The van der Waals surface area contributed by atoms with Gasteiger partial charge in [-0.3, -0.25) is 14.7 Å². The Morgan fingerprint density at radius 3 is 2.78 bits per heavy atom. The van der Waals surface area contributed by atoms with Crippen molar-refractivity contribution in [3.05, 3.63) is 75.1 Å². The lowest BCUT2D eigenvalue weighted by Gasteiger charge is -2.26. The minimum atomic E-state index is -0.955. The van der Waals surface area contributed by atoms with Crippen LogP contribution < -0.4 is 15.8 Å². The van der Waals surface area contributed by atoms with Gasteiger partial charge in [0, 0.05) is 47.5 Å². The predicted octanol–water partition coefficient (Wildman–Crippen LogP) is 4.13. The lowest BCUT2D eigenvalue weighted by atomic mass is 10.1. The second-order valence-corrected chi connectivity index (χ2v) is 8.90. The molecule has 0 bridgehead atoms. The van der Waals surface area contributed by atoms with Gasteiger partial charge in [0.15, 0.2) is 5.75 Å². The third-order valence-electron chi connectivity index (χ3n) is 5.06. The van der Waals surface area contributed by atoms with Gasteiger partial charge in [-0.2, -0.15) is 0 Å².